The van der Waals surface area contributed by atoms with Crippen molar-refractivity contribution in [1.29, 1.82) is 0 Å². The van der Waals surface area contributed by atoms with Crippen LogP contribution in [0.1, 0.15) is 18.5 Å². The maximum Gasteiger partial charge on any atom is 0.118 e. The quantitative estimate of drug-likeness (QED) is 0.712. The second-order valence-electron chi connectivity index (χ2n) is 5.06. The first kappa shape index (κ1) is 17.9. The smallest absolute Gasteiger partial charge is 0.118 e. The molecular formula is C16H28N2O3. The van der Waals surface area contributed by atoms with Crippen molar-refractivity contribution < 1.29 is 14.2 Å². The molecule has 0 aromatic heterocycles. The molecule has 21 heavy (non-hydrogen) atoms. The van der Waals surface area contributed by atoms with Crippen LogP contribution in [-0.2, 0) is 9.47 Å². The highest BCUT2D eigenvalue weighted by Crippen LogP contribution is 2.21. The molecule has 0 aliphatic heterocycles. The normalized spacial score (nSPS) is 14.2. The van der Waals surface area contributed by atoms with E-state index in [2.05, 4.69) is 11.8 Å². The lowest BCUT2D eigenvalue weighted by Crippen LogP contribution is -2.44. The van der Waals surface area contributed by atoms with Gasteiger partial charge in [-0.15, -0.1) is 0 Å². The Kier molecular flexibility index (Phi) is 8.30. The van der Waals surface area contributed by atoms with Crippen molar-refractivity contribution in [1.82, 2.24) is 4.90 Å². The van der Waals surface area contributed by atoms with Crippen LogP contribution in [0.15, 0.2) is 24.3 Å². The van der Waals surface area contributed by atoms with E-state index in [9.17, 15) is 0 Å². The second kappa shape index (κ2) is 9.73. The van der Waals surface area contributed by atoms with Crippen LogP contribution in [0.2, 0.25) is 0 Å². The monoisotopic (exact) mass is 296 g/mol. The standard InChI is InChI=1S/C16H28N2O3/c1-13(18(9-11-19-2)10-12-20-3)16(17)14-5-7-15(21-4)8-6-14/h5-8,13,16H,9-12,17H2,1-4H3. The molecule has 0 fully saturated rings. The van der Waals surface area contributed by atoms with Crippen molar-refractivity contribution >= 4 is 0 Å². The van der Waals surface area contributed by atoms with Crippen molar-refractivity contribution in [3.8, 4) is 5.75 Å². The van der Waals surface area contributed by atoms with Crippen molar-refractivity contribution in [2.24, 2.45) is 5.73 Å². The third-order valence-electron chi connectivity index (χ3n) is 3.76. The number of nitrogens with zero attached hydrogens (tertiary/aromatic N) is 1. The van der Waals surface area contributed by atoms with Gasteiger partial charge in [0.15, 0.2) is 0 Å². The Morgan fingerprint density at radius 3 is 1.95 bits per heavy atom. The Labute approximate surface area is 128 Å². The van der Waals surface area contributed by atoms with Crippen LogP contribution in [0, 0.1) is 0 Å². The summed E-state index contributed by atoms with van der Waals surface area (Å²) in [4.78, 5) is 2.29. The van der Waals surface area contributed by atoms with Crippen LogP contribution in [0.4, 0.5) is 0 Å². The summed E-state index contributed by atoms with van der Waals surface area (Å²) < 4.78 is 15.5. The summed E-state index contributed by atoms with van der Waals surface area (Å²) in [6, 6.07) is 8.05. The fourth-order valence-electron chi connectivity index (χ4n) is 2.27. The maximum absolute atomic E-state index is 6.41. The molecule has 1 aromatic rings. The molecule has 0 bridgehead atoms. The molecule has 0 saturated carbocycles. The van der Waals surface area contributed by atoms with Gasteiger partial charge in [-0.05, 0) is 24.6 Å². The van der Waals surface area contributed by atoms with Gasteiger partial charge in [-0.3, -0.25) is 4.90 Å². The fourth-order valence-corrected chi connectivity index (χ4v) is 2.27. The Balaban J connectivity index is 2.71. The van der Waals surface area contributed by atoms with Gasteiger partial charge in [0.25, 0.3) is 0 Å². The summed E-state index contributed by atoms with van der Waals surface area (Å²) in [5.74, 6) is 0.842. The highest BCUT2D eigenvalue weighted by Gasteiger charge is 2.21. The van der Waals surface area contributed by atoms with Gasteiger partial charge in [0.1, 0.15) is 5.75 Å². The first-order valence-electron chi connectivity index (χ1n) is 7.25. The summed E-state index contributed by atoms with van der Waals surface area (Å²) in [6.07, 6.45) is 0. The minimum atomic E-state index is -0.0652. The summed E-state index contributed by atoms with van der Waals surface area (Å²) in [6.45, 7) is 5.18. The average molecular weight is 296 g/mol. The fraction of sp³-hybridized carbons (Fsp3) is 0.625. The number of hydrogen-bond acceptors (Lipinski definition) is 5. The van der Waals surface area contributed by atoms with Crippen LogP contribution in [0.25, 0.3) is 0 Å². The lowest BCUT2D eigenvalue weighted by Gasteiger charge is -2.33. The zero-order chi connectivity index (χ0) is 15.7. The summed E-state index contributed by atoms with van der Waals surface area (Å²) in [5.41, 5.74) is 7.51. The molecule has 1 aromatic carbocycles. The van der Waals surface area contributed by atoms with Gasteiger partial charge >= 0.3 is 0 Å². The molecular weight excluding hydrogens is 268 g/mol. The minimum absolute atomic E-state index is 0.0652. The van der Waals surface area contributed by atoms with Gasteiger partial charge in [0.2, 0.25) is 0 Å². The minimum Gasteiger partial charge on any atom is -0.497 e. The highest BCUT2D eigenvalue weighted by molar-refractivity contribution is 5.29. The third kappa shape index (κ3) is 5.63. The molecule has 5 heteroatoms. The van der Waals surface area contributed by atoms with E-state index in [-0.39, 0.29) is 12.1 Å². The first-order valence-corrected chi connectivity index (χ1v) is 7.25. The van der Waals surface area contributed by atoms with Gasteiger partial charge in [-0.1, -0.05) is 12.1 Å². The molecule has 0 radical (unpaired) electrons. The van der Waals surface area contributed by atoms with Crippen molar-refractivity contribution in [3.63, 3.8) is 0 Å². The number of ether oxygens (including phenoxy) is 3. The molecule has 0 aliphatic carbocycles. The average Bonchev–Trinajstić information content (AvgIpc) is 2.54. The zero-order valence-electron chi connectivity index (χ0n) is 13.5. The van der Waals surface area contributed by atoms with E-state index in [1.54, 1.807) is 21.3 Å². The first-order chi connectivity index (χ1) is 10.1. The SMILES string of the molecule is COCCN(CCOC)C(C)C(N)c1ccc(OC)cc1. The van der Waals surface area contributed by atoms with Crippen molar-refractivity contribution in [2.75, 3.05) is 47.6 Å². The largest absolute Gasteiger partial charge is 0.497 e. The molecule has 5 nitrogen and oxygen atoms in total. The predicted molar refractivity (Wildman–Crippen MR) is 84.7 cm³/mol. The Bertz CT molecular complexity index is 376. The highest BCUT2D eigenvalue weighted by atomic mass is 16.5. The number of benzene rings is 1. The van der Waals surface area contributed by atoms with Gasteiger partial charge in [-0.25, -0.2) is 0 Å². The van der Waals surface area contributed by atoms with Gasteiger partial charge in [0, 0.05) is 39.4 Å². The molecule has 0 heterocycles. The number of nitrogens with two attached hydrogens (primary N) is 1. The number of methoxy groups -OCH3 is 3. The van der Waals surface area contributed by atoms with Crippen molar-refractivity contribution in [3.05, 3.63) is 29.8 Å². The van der Waals surface area contributed by atoms with Gasteiger partial charge < -0.3 is 19.9 Å². The Morgan fingerprint density at radius 2 is 1.52 bits per heavy atom. The number of rotatable bonds is 10. The van der Waals surface area contributed by atoms with E-state index in [0.717, 1.165) is 24.4 Å². The zero-order valence-corrected chi connectivity index (χ0v) is 13.5. The Hall–Kier alpha value is -1.14. The lowest BCUT2D eigenvalue weighted by atomic mass is 10.00. The molecule has 0 saturated heterocycles. The van der Waals surface area contributed by atoms with Crippen LogP contribution in [0.3, 0.4) is 0 Å². The predicted octanol–water partition coefficient (Wildman–Crippen LogP) is 1.68. The molecule has 120 valence electrons. The van der Waals surface area contributed by atoms with E-state index >= 15 is 0 Å². The van der Waals surface area contributed by atoms with E-state index in [1.165, 1.54) is 0 Å². The summed E-state index contributed by atoms with van der Waals surface area (Å²) in [5, 5.41) is 0. The van der Waals surface area contributed by atoms with Crippen molar-refractivity contribution in [2.45, 2.75) is 19.0 Å². The Morgan fingerprint density at radius 1 is 1.00 bits per heavy atom. The van der Waals surface area contributed by atoms with Gasteiger partial charge in [0.05, 0.1) is 20.3 Å². The van der Waals surface area contributed by atoms with E-state index in [0.29, 0.717) is 13.2 Å². The van der Waals surface area contributed by atoms with Crippen LogP contribution >= 0.6 is 0 Å². The molecule has 1 rings (SSSR count). The van der Waals surface area contributed by atoms with Crippen LogP contribution in [-0.4, -0.2) is 58.6 Å². The maximum atomic E-state index is 6.41. The molecule has 2 atom stereocenters. The summed E-state index contributed by atoms with van der Waals surface area (Å²) in [7, 11) is 5.08. The van der Waals surface area contributed by atoms with Crippen LogP contribution in [0.5, 0.6) is 5.75 Å². The van der Waals surface area contributed by atoms with Gasteiger partial charge in [-0.2, -0.15) is 0 Å². The molecule has 0 amide bonds. The van der Waals surface area contributed by atoms with E-state index in [1.807, 2.05) is 24.3 Å². The topological polar surface area (TPSA) is 57.0 Å². The third-order valence-corrected chi connectivity index (χ3v) is 3.76. The second-order valence-corrected chi connectivity index (χ2v) is 5.06. The van der Waals surface area contributed by atoms with E-state index < -0.39 is 0 Å². The molecule has 0 aliphatic rings. The number of hydrogen-bond donors (Lipinski definition) is 1. The lowest BCUT2D eigenvalue weighted by molar-refractivity contribution is 0.0841. The summed E-state index contributed by atoms with van der Waals surface area (Å²) >= 11 is 0. The molecule has 2 N–H and O–H groups in total. The van der Waals surface area contributed by atoms with E-state index in [4.69, 9.17) is 19.9 Å². The molecule has 0 spiro atoms. The van der Waals surface area contributed by atoms with Crippen LogP contribution < -0.4 is 10.5 Å². The molecule has 2 unspecified atom stereocenters.